The first-order valence-electron chi connectivity index (χ1n) is 3.71. The summed E-state index contributed by atoms with van der Waals surface area (Å²) in [5, 5.41) is 1.25. The van der Waals surface area contributed by atoms with Crippen LogP contribution in [0.25, 0.3) is 0 Å². The van der Waals surface area contributed by atoms with Crippen LogP contribution in [0, 0.1) is 0 Å². The van der Waals surface area contributed by atoms with Crippen LogP contribution >= 0.6 is 11.3 Å². The SMILES string of the molecule is CCc1cc(CC)c([NH3+])s1. The molecule has 0 saturated carbocycles. The first-order valence-corrected chi connectivity index (χ1v) is 4.53. The van der Waals surface area contributed by atoms with Crippen molar-refractivity contribution in [1.82, 2.24) is 0 Å². The molecule has 0 aromatic carbocycles. The molecule has 1 nitrogen and oxygen atoms in total. The third-order valence-electron chi connectivity index (χ3n) is 1.68. The van der Waals surface area contributed by atoms with Gasteiger partial charge in [0, 0.05) is 10.4 Å². The second-order valence-electron chi connectivity index (χ2n) is 2.37. The molecule has 0 aliphatic rings. The second-order valence-corrected chi connectivity index (χ2v) is 3.59. The average Bonchev–Trinajstić information content (AvgIpc) is 2.30. The van der Waals surface area contributed by atoms with E-state index in [4.69, 9.17) is 0 Å². The lowest BCUT2D eigenvalue weighted by molar-refractivity contribution is -0.249. The van der Waals surface area contributed by atoms with Crippen LogP contribution in [0.5, 0.6) is 0 Å². The fourth-order valence-corrected chi connectivity index (χ4v) is 2.00. The Hall–Kier alpha value is -0.340. The van der Waals surface area contributed by atoms with E-state index in [0.717, 1.165) is 12.8 Å². The van der Waals surface area contributed by atoms with E-state index in [1.54, 1.807) is 0 Å². The van der Waals surface area contributed by atoms with Crippen LogP contribution in [-0.2, 0) is 12.8 Å². The molecule has 10 heavy (non-hydrogen) atoms. The summed E-state index contributed by atoms with van der Waals surface area (Å²) >= 11 is 1.83. The molecule has 0 aliphatic heterocycles. The normalized spacial score (nSPS) is 10.3. The van der Waals surface area contributed by atoms with E-state index in [9.17, 15) is 0 Å². The van der Waals surface area contributed by atoms with Crippen LogP contribution in [0.4, 0.5) is 5.00 Å². The van der Waals surface area contributed by atoms with Crippen molar-refractivity contribution < 1.29 is 5.73 Å². The van der Waals surface area contributed by atoms with Crippen LogP contribution in [0.1, 0.15) is 24.3 Å². The number of thiophene rings is 1. The maximum absolute atomic E-state index is 3.98. The molecule has 2 heteroatoms. The highest BCUT2D eigenvalue weighted by Gasteiger charge is 2.04. The summed E-state index contributed by atoms with van der Waals surface area (Å²) in [7, 11) is 0. The summed E-state index contributed by atoms with van der Waals surface area (Å²) in [6.45, 7) is 4.36. The highest BCUT2D eigenvalue weighted by Crippen LogP contribution is 2.23. The fourth-order valence-electron chi connectivity index (χ4n) is 1.00. The molecule has 1 aromatic heterocycles. The lowest BCUT2D eigenvalue weighted by Crippen LogP contribution is -2.39. The van der Waals surface area contributed by atoms with Crippen molar-refractivity contribution in [2.24, 2.45) is 0 Å². The van der Waals surface area contributed by atoms with Gasteiger partial charge in [-0.3, -0.25) is 0 Å². The van der Waals surface area contributed by atoms with Crippen LogP contribution in [-0.4, -0.2) is 0 Å². The molecule has 0 aliphatic carbocycles. The molecule has 0 amide bonds. The average molecular weight is 156 g/mol. The van der Waals surface area contributed by atoms with E-state index < -0.39 is 0 Å². The minimum atomic E-state index is 1.12. The molecular weight excluding hydrogens is 142 g/mol. The van der Waals surface area contributed by atoms with Gasteiger partial charge < -0.3 is 5.73 Å². The third-order valence-corrected chi connectivity index (χ3v) is 2.85. The van der Waals surface area contributed by atoms with E-state index in [2.05, 4.69) is 25.6 Å². The smallest absolute Gasteiger partial charge is 0.186 e. The molecule has 0 spiro atoms. The van der Waals surface area contributed by atoms with Crippen LogP contribution < -0.4 is 5.73 Å². The molecule has 3 N–H and O–H groups in total. The molecule has 0 unspecified atom stereocenters. The Kier molecular flexibility index (Phi) is 2.46. The lowest BCUT2D eigenvalue weighted by atomic mass is 10.2. The first-order chi connectivity index (χ1) is 4.77. The van der Waals surface area contributed by atoms with Crippen molar-refractivity contribution >= 4 is 16.3 Å². The highest BCUT2D eigenvalue weighted by molar-refractivity contribution is 7.15. The minimum Gasteiger partial charge on any atom is -0.316 e. The Morgan fingerprint density at radius 2 is 2.10 bits per heavy atom. The van der Waals surface area contributed by atoms with Gasteiger partial charge >= 0.3 is 0 Å². The van der Waals surface area contributed by atoms with Crippen LogP contribution in [0.2, 0.25) is 0 Å². The van der Waals surface area contributed by atoms with E-state index >= 15 is 0 Å². The maximum Gasteiger partial charge on any atom is 0.186 e. The van der Waals surface area contributed by atoms with Crippen LogP contribution in [0.3, 0.4) is 0 Å². The van der Waals surface area contributed by atoms with Gasteiger partial charge in [-0.15, -0.1) is 0 Å². The summed E-state index contributed by atoms with van der Waals surface area (Å²) in [6, 6.07) is 2.27. The van der Waals surface area contributed by atoms with Crippen molar-refractivity contribution in [3.05, 3.63) is 16.5 Å². The number of hydrogen-bond donors (Lipinski definition) is 1. The zero-order chi connectivity index (χ0) is 7.56. The zero-order valence-corrected chi connectivity index (χ0v) is 7.42. The molecule has 0 fully saturated rings. The Morgan fingerprint density at radius 3 is 2.40 bits per heavy atom. The monoisotopic (exact) mass is 156 g/mol. The maximum atomic E-state index is 3.98. The van der Waals surface area contributed by atoms with Gasteiger partial charge in [0.05, 0.1) is 0 Å². The molecule has 1 aromatic rings. The Labute approximate surface area is 65.9 Å². The molecule has 0 bridgehead atoms. The van der Waals surface area contributed by atoms with Crippen molar-refractivity contribution in [3.8, 4) is 0 Å². The minimum absolute atomic E-state index is 1.12. The van der Waals surface area contributed by atoms with Gasteiger partial charge in [0.2, 0.25) is 0 Å². The summed E-state index contributed by atoms with van der Waals surface area (Å²) in [5.41, 5.74) is 5.40. The summed E-state index contributed by atoms with van der Waals surface area (Å²) in [4.78, 5) is 1.46. The molecule has 56 valence electrons. The van der Waals surface area contributed by atoms with Gasteiger partial charge in [0.15, 0.2) is 5.00 Å². The van der Waals surface area contributed by atoms with E-state index in [0.29, 0.717) is 0 Å². The largest absolute Gasteiger partial charge is 0.316 e. The van der Waals surface area contributed by atoms with Gasteiger partial charge in [0.1, 0.15) is 0 Å². The van der Waals surface area contributed by atoms with Gasteiger partial charge in [-0.2, -0.15) is 0 Å². The summed E-state index contributed by atoms with van der Waals surface area (Å²) in [6.07, 6.45) is 2.27. The Balaban J connectivity index is 2.92. The standard InChI is InChI=1S/C8H13NS/c1-3-6-5-7(4-2)10-8(6)9/h5H,3-4,9H2,1-2H3/p+1. The van der Waals surface area contributed by atoms with Gasteiger partial charge in [-0.05, 0) is 18.9 Å². The first kappa shape index (κ1) is 7.76. The molecule has 0 atom stereocenters. The number of aryl methyl sites for hydroxylation is 2. The topological polar surface area (TPSA) is 27.6 Å². The molecule has 1 heterocycles. The second kappa shape index (κ2) is 3.17. The number of rotatable bonds is 2. The third kappa shape index (κ3) is 1.39. The Morgan fingerprint density at radius 1 is 1.40 bits per heavy atom. The van der Waals surface area contributed by atoms with Crippen molar-refractivity contribution in [3.63, 3.8) is 0 Å². The predicted octanol–water partition coefficient (Wildman–Crippen LogP) is 1.75. The molecular formula is C8H14NS+. The van der Waals surface area contributed by atoms with Crippen LogP contribution in [0.15, 0.2) is 6.07 Å². The van der Waals surface area contributed by atoms with Crippen molar-refractivity contribution in [2.75, 3.05) is 0 Å². The van der Waals surface area contributed by atoms with Crippen molar-refractivity contribution in [2.45, 2.75) is 26.7 Å². The van der Waals surface area contributed by atoms with Gasteiger partial charge in [0.25, 0.3) is 0 Å². The highest BCUT2D eigenvalue weighted by atomic mass is 32.1. The number of quaternary nitrogens is 1. The quantitative estimate of drug-likeness (QED) is 0.675. The van der Waals surface area contributed by atoms with E-state index in [1.165, 1.54) is 15.4 Å². The van der Waals surface area contributed by atoms with E-state index in [-0.39, 0.29) is 0 Å². The van der Waals surface area contributed by atoms with E-state index in [1.807, 2.05) is 11.3 Å². The number of hydrogen-bond acceptors (Lipinski definition) is 1. The molecule has 0 radical (unpaired) electrons. The van der Waals surface area contributed by atoms with Gasteiger partial charge in [-0.25, -0.2) is 0 Å². The lowest BCUT2D eigenvalue weighted by Gasteiger charge is -1.84. The predicted molar refractivity (Wildman–Crippen MR) is 45.6 cm³/mol. The molecule has 1 rings (SSSR count). The zero-order valence-electron chi connectivity index (χ0n) is 6.61. The van der Waals surface area contributed by atoms with Gasteiger partial charge in [-0.1, -0.05) is 25.2 Å². The summed E-state index contributed by atoms with van der Waals surface area (Å²) in [5.74, 6) is 0. The molecule has 0 saturated heterocycles. The Bertz CT molecular complexity index is 215. The van der Waals surface area contributed by atoms with Crippen molar-refractivity contribution in [1.29, 1.82) is 0 Å². The fraction of sp³-hybridized carbons (Fsp3) is 0.500. The summed E-state index contributed by atoms with van der Waals surface area (Å²) < 4.78 is 0.